The van der Waals surface area contributed by atoms with Gasteiger partial charge in [0, 0.05) is 5.30 Å². The molecule has 0 nitrogen and oxygen atoms in total. The van der Waals surface area contributed by atoms with Crippen LogP contribution in [0.5, 0.6) is 0 Å². The molecular weight excluding hydrogens is 213 g/mol. The Kier molecular flexibility index (Phi) is 6.67. The highest BCUT2D eigenvalue weighted by Gasteiger charge is 2.10. The van der Waals surface area contributed by atoms with Crippen LogP contribution in [-0.4, -0.2) is 0 Å². The molecule has 0 amide bonds. The lowest BCUT2D eigenvalue weighted by molar-refractivity contribution is 0.511. The van der Waals surface area contributed by atoms with Crippen LogP contribution in [0.2, 0.25) is 0 Å². The van der Waals surface area contributed by atoms with Crippen LogP contribution < -0.4 is 5.30 Å². The van der Waals surface area contributed by atoms with E-state index >= 15 is 0 Å². The van der Waals surface area contributed by atoms with Crippen molar-refractivity contribution >= 4 is 14.5 Å². The van der Waals surface area contributed by atoms with Gasteiger partial charge in [-0.1, -0.05) is 27.7 Å². The van der Waals surface area contributed by atoms with Gasteiger partial charge in [-0.3, -0.25) is 0 Å². The lowest BCUT2D eigenvalue weighted by Crippen LogP contribution is -2.06. The van der Waals surface area contributed by atoms with Gasteiger partial charge in [-0.2, -0.15) is 0 Å². The summed E-state index contributed by atoms with van der Waals surface area (Å²) in [6.45, 7) is 8.02. The topological polar surface area (TPSA) is 0 Å². The summed E-state index contributed by atoms with van der Waals surface area (Å²) in [6, 6.07) is 2.95. The second-order valence-electron chi connectivity index (χ2n) is 3.22. The lowest BCUT2D eigenvalue weighted by atomic mass is 9.99. The molecule has 1 rings (SSSR count). The van der Waals surface area contributed by atoms with Crippen LogP contribution in [0.4, 0.5) is 8.78 Å². The summed E-state index contributed by atoms with van der Waals surface area (Å²) >= 11 is 0. The molecule has 0 aliphatic heterocycles. The minimum absolute atomic E-state index is 0.273. The highest BCUT2D eigenvalue weighted by molar-refractivity contribution is 7.27. The van der Waals surface area contributed by atoms with E-state index < -0.39 is 11.6 Å². The summed E-state index contributed by atoms with van der Waals surface area (Å²) < 4.78 is 25.8. The van der Waals surface area contributed by atoms with Gasteiger partial charge in [0.25, 0.3) is 0 Å². The van der Waals surface area contributed by atoms with Crippen LogP contribution in [0, 0.1) is 11.6 Å². The molecule has 2 unspecified atom stereocenters. The first-order chi connectivity index (χ1) is 7.06. The molecule has 15 heavy (non-hydrogen) atoms. The third-order valence-corrected chi connectivity index (χ3v) is 2.68. The molecule has 86 valence electrons. The van der Waals surface area contributed by atoms with Gasteiger partial charge in [0.1, 0.15) is 0 Å². The first kappa shape index (κ1) is 14.5. The van der Waals surface area contributed by atoms with Crippen molar-refractivity contribution in [3.63, 3.8) is 0 Å². The first-order valence-electron chi connectivity index (χ1n) is 5.30. The average molecular weight is 232 g/mol. The minimum Gasteiger partial charge on any atom is -0.204 e. The fourth-order valence-corrected chi connectivity index (χ4v) is 1.48. The van der Waals surface area contributed by atoms with E-state index in [4.69, 9.17) is 0 Å². The monoisotopic (exact) mass is 232 g/mol. The number of hydrogen-bond donors (Lipinski definition) is 0. The molecule has 0 aliphatic rings. The summed E-state index contributed by atoms with van der Waals surface area (Å²) in [5, 5.41) is 0.301. The molecule has 1 aromatic carbocycles. The molecule has 0 N–H and O–H groups in total. The van der Waals surface area contributed by atoms with E-state index in [2.05, 4.69) is 9.24 Å². The number of halogens is 2. The zero-order valence-electron chi connectivity index (χ0n) is 9.77. The Morgan fingerprint density at radius 2 is 1.80 bits per heavy atom. The van der Waals surface area contributed by atoms with Crippen LogP contribution in [-0.2, 0) is 0 Å². The van der Waals surface area contributed by atoms with Crippen molar-refractivity contribution in [2.24, 2.45) is 0 Å². The molecule has 0 aliphatic carbocycles. The molecule has 0 saturated heterocycles. The van der Waals surface area contributed by atoms with E-state index in [1.54, 1.807) is 6.07 Å². The zero-order chi connectivity index (χ0) is 12.0. The zero-order valence-corrected chi connectivity index (χ0v) is 10.9. The molecule has 0 bridgehead atoms. The van der Waals surface area contributed by atoms with Crippen LogP contribution in [0.1, 0.15) is 45.6 Å². The van der Waals surface area contributed by atoms with Crippen molar-refractivity contribution in [3.8, 4) is 0 Å². The highest BCUT2D eigenvalue weighted by Crippen LogP contribution is 2.20. The van der Waals surface area contributed by atoms with Gasteiger partial charge in [0.15, 0.2) is 11.6 Å². The van der Waals surface area contributed by atoms with Crippen molar-refractivity contribution in [2.75, 3.05) is 0 Å². The van der Waals surface area contributed by atoms with Crippen molar-refractivity contribution in [3.05, 3.63) is 29.3 Å². The first-order valence-corrected chi connectivity index (χ1v) is 5.88. The predicted molar refractivity (Wildman–Crippen MR) is 65.8 cm³/mol. The van der Waals surface area contributed by atoms with E-state index in [0.29, 0.717) is 5.30 Å². The molecule has 0 radical (unpaired) electrons. The number of benzene rings is 1. The van der Waals surface area contributed by atoms with Crippen LogP contribution >= 0.6 is 9.24 Å². The summed E-state index contributed by atoms with van der Waals surface area (Å²) in [7, 11) is 2.21. The minimum atomic E-state index is -0.767. The molecule has 0 aromatic heterocycles. The fourth-order valence-electron chi connectivity index (χ4n) is 1.15. The van der Waals surface area contributed by atoms with Crippen LogP contribution in [0.25, 0.3) is 0 Å². The normalized spacial score (nSPS) is 11.7. The van der Waals surface area contributed by atoms with Crippen molar-refractivity contribution in [1.82, 2.24) is 0 Å². The molecule has 0 heterocycles. The summed E-state index contributed by atoms with van der Waals surface area (Å²) in [6.07, 6.45) is 0.926. The largest absolute Gasteiger partial charge is 0.204 e. The summed E-state index contributed by atoms with van der Waals surface area (Å²) in [5.74, 6) is -1.26. The molecule has 1 aromatic rings. The molecular formula is C12H19F2P. The van der Waals surface area contributed by atoms with Crippen LogP contribution in [0.3, 0.4) is 0 Å². The second-order valence-corrected chi connectivity index (χ2v) is 3.84. The van der Waals surface area contributed by atoms with Gasteiger partial charge < -0.3 is 0 Å². The van der Waals surface area contributed by atoms with E-state index in [0.717, 1.165) is 12.0 Å². The molecule has 0 fully saturated rings. The number of rotatable bonds is 2. The quantitative estimate of drug-likeness (QED) is 0.676. The maximum absolute atomic E-state index is 12.9. The fraction of sp³-hybridized carbons (Fsp3) is 0.500. The van der Waals surface area contributed by atoms with Crippen LogP contribution in [0.15, 0.2) is 12.1 Å². The smallest absolute Gasteiger partial charge is 0.165 e. The van der Waals surface area contributed by atoms with Gasteiger partial charge in [-0.25, -0.2) is 8.78 Å². The van der Waals surface area contributed by atoms with Gasteiger partial charge >= 0.3 is 0 Å². The Balaban J connectivity index is 0.000000921. The van der Waals surface area contributed by atoms with Crippen molar-refractivity contribution in [1.29, 1.82) is 0 Å². The summed E-state index contributed by atoms with van der Waals surface area (Å²) in [5.41, 5.74) is 0.853. The van der Waals surface area contributed by atoms with Crippen molar-refractivity contribution < 1.29 is 8.78 Å². The molecule has 0 saturated carbocycles. The Morgan fingerprint density at radius 1 is 1.27 bits per heavy atom. The maximum Gasteiger partial charge on any atom is 0.165 e. The average Bonchev–Trinajstić information content (AvgIpc) is 2.26. The van der Waals surface area contributed by atoms with Gasteiger partial charge in [0.2, 0.25) is 0 Å². The Bertz CT molecular complexity index is 287. The van der Waals surface area contributed by atoms with E-state index in [1.807, 2.05) is 27.7 Å². The summed E-state index contributed by atoms with van der Waals surface area (Å²) in [4.78, 5) is 0. The Labute approximate surface area is 93.3 Å². The Hall–Kier alpha value is -0.490. The van der Waals surface area contributed by atoms with Gasteiger partial charge in [-0.05, 0) is 30.0 Å². The lowest BCUT2D eigenvalue weighted by Gasteiger charge is -2.10. The standard InChI is InChI=1S/C10H13F2P.C2H6/c1-3-6(2)7-4-8(11)10(12)9(13)5-7;1-2/h4-6H,3,13H2,1-2H3;1-2H3. The molecule has 2 atom stereocenters. The maximum atomic E-state index is 12.9. The van der Waals surface area contributed by atoms with E-state index in [-0.39, 0.29) is 5.92 Å². The molecule has 3 heteroatoms. The van der Waals surface area contributed by atoms with Gasteiger partial charge in [-0.15, -0.1) is 9.24 Å². The van der Waals surface area contributed by atoms with E-state index in [9.17, 15) is 8.78 Å². The van der Waals surface area contributed by atoms with E-state index in [1.165, 1.54) is 6.07 Å². The van der Waals surface area contributed by atoms with Crippen molar-refractivity contribution in [2.45, 2.75) is 40.0 Å². The van der Waals surface area contributed by atoms with Gasteiger partial charge in [0.05, 0.1) is 0 Å². The predicted octanol–water partition coefficient (Wildman–Crippen LogP) is 4.00. The highest BCUT2D eigenvalue weighted by atomic mass is 31.0. The second kappa shape index (κ2) is 6.90. The number of hydrogen-bond acceptors (Lipinski definition) is 0. The third-order valence-electron chi connectivity index (χ3n) is 2.26. The third kappa shape index (κ3) is 3.87. The SMILES string of the molecule is CC.CCC(C)c1cc(F)c(F)c(P)c1. The molecule has 0 spiro atoms. The Morgan fingerprint density at radius 3 is 2.20 bits per heavy atom.